The van der Waals surface area contributed by atoms with Crippen LogP contribution in [0.4, 0.5) is 0 Å². The minimum atomic E-state index is -1.08. The maximum absolute atomic E-state index is 11.9. The summed E-state index contributed by atoms with van der Waals surface area (Å²) in [5, 5.41) is 11.5. The van der Waals surface area contributed by atoms with Gasteiger partial charge in [0.2, 0.25) is 0 Å². The standard InChI is InChI=1S/C14H13N3O3/c1-9-11(3-2-6-15-9)13(18)17-8-10-4-5-12(14(19)20)16-7-10/h2-7H,8H2,1H3,(H,17,18)(H,19,20). The molecule has 0 atom stereocenters. The van der Waals surface area contributed by atoms with E-state index in [2.05, 4.69) is 15.3 Å². The van der Waals surface area contributed by atoms with Crippen LogP contribution in [0.1, 0.15) is 32.1 Å². The van der Waals surface area contributed by atoms with Gasteiger partial charge in [-0.25, -0.2) is 9.78 Å². The molecule has 0 aliphatic heterocycles. The molecule has 2 heterocycles. The topological polar surface area (TPSA) is 92.2 Å². The van der Waals surface area contributed by atoms with Gasteiger partial charge in [0.1, 0.15) is 5.69 Å². The zero-order valence-corrected chi connectivity index (χ0v) is 10.8. The van der Waals surface area contributed by atoms with Gasteiger partial charge < -0.3 is 10.4 Å². The molecule has 1 amide bonds. The number of carboxylic acid groups (broad SMARTS) is 1. The summed E-state index contributed by atoms with van der Waals surface area (Å²) in [5.74, 6) is -1.30. The number of rotatable bonds is 4. The fourth-order valence-electron chi connectivity index (χ4n) is 1.66. The van der Waals surface area contributed by atoms with Crippen LogP contribution in [0.15, 0.2) is 36.7 Å². The highest BCUT2D eigenvalue weighted by atomic mass is 16.4. The first kappa shape index (κ1) is 13.7. The Bertz CT molecular complexity index is 638. The van der Waals surface area contributed by atoms with Gasteiger partial charge in [0.05, 0.1) is 5.56 Å². The van der Waals surface area contributed by atoms with Crippen molar-refractivity contribution in [1.29, 1.82) is 0 Å². The summed E-state index contributed by atoms with van der Waals surface area (Å²) in [6.07, 6.45) is 3.06. The number of aromatic carboxylic acids is 1. The van der Waals surface area contributed by atoms with Crippen molar-refractivity contribution in [3.8, 4) is 0 Å². The average molecular weight is 271 g/mol. The van der Waals surface area contributed by atoms with Crippen molar-refractivity contribution < 1.29 is 14.7 Å². The number of carbonyl (C=O) groups excluding carboxylic acids is 1. The molecular formula is C14H13N3O3. The lowest BCUT2D eigenvalue weighted by Crippen LogP contribution is -2.24. The number of amides is 1. The largest absolute Gasteiger partial charge is 0.477 e. The van der Waals surface area contributed by atoms with Crippen LogP contribution in [-0.4, -0.2) is 27.0 Å². The normalized spacial score (nSPS) is 10.1. The van der Waals surface area contributed by atoms with Crippen LogP contribution < -0.4 is 5.32 Å². The van der Waals surface area contributed by atoms with Crippen molar-refractivity contribution in [2.75, 3.05) is 0 Å². The van der Waals surface area contributed by atoms with Crippen molar-refractivity contribution in [2.45, 2.75) is 13.5 Å². The maximum atomic E-state index is 11.9. The van der Waals surface area contributed by atoms with Gasteiger partial charge >= 0.3 is 5.97 Å². The van der Waals surface area contributed by atoms with Crippen molar-refractivity contribution in [2.24, 2.45) is 0 Å². The predicted molar refractivity (Wildman–Crippen MR) is 71.3 cm³/mol. The Morgan fingerprint density at radius 2 is 2.05 bits per heavy atom. The van der Waals surface area contributed by atoms with Crippen LogP contribution in [0, 0.1) is 6.92 Å². The van der Waals surface area contributed by atoms with Crippen LogP contribution in [0.25, 0.3) is 0 Å². The minimum absolute atomic E-state index is 0.0248. The zero-order chi connectivity index (χ0) is 14.5. The fraction of sp³-hybridized carbons (Fsp3) is 0.143. The molecule has 2 aromatic rings. The first-order chi connectivity index (χ1) is 9.58. The summed E-state index contributed by atoms with van der Waals surface area (Å²) < 4.78 is 0. The van der Waals surface area contributed by atoms with E-state index in [1.54, 1.807) is 31.3 Å². The number of nitrogens with one attached hydrogen (secondary N) is 1. The van der Waals surface area contributed by atoms with Gasteiger partial charge in [-0.15, -0.1) is 0 Å². The van der Waals surface area contributed by atoms with E-state index in [1.165, 1.54) is 12.3 Å². The predicted octanol–water partition coefficient (Wildman–Crippen LogP) is 1.41. The number of carboxylic acids is 1. The van der Waals surface area contributed by atoms with Gasteiger partial charge in [-0.1, -0.05) is 6.07 Å². The van der Waals surface area contributed by atoms with E-state index in [0.29, 0.717) is 11.3 Å². The van der Waals surface area contributed by atoms with Gasteiger partial charge in [0.25, 0.3) is 5.91 Å². The SMILES string of the molecule is Cc1ncccc1C(=O)NCc1ccc(C(=O)O)nc1. The Morgan fingerprint density at radius 1 is 1.25 bits per heavy atom. The Hall–Kier alpha value is -2.76. The van der Waals surface area contributed by atoms with E-state index in [0.717, 1.165) is 5.56 Å². The van der Waals surface area contributed by atoms with Crippen LogP contribution in [0.5, 0.6) is 0 Å². The van der Waals surface area contributed by atoms with Crippen LogP contribution in [0.2, 0.25) is 0 Å². The molecule has 0 aromatic carbocycles. The summed E-state index contributed by atoms with van der Waals surface area (Å²) in [7, 11) is 0. The van der Waals surface area contributed by atoms with Crippen molar-refractivity contribution >= 4 is 11.9 Å². The summed E-state index contributed by atoms with van der Waals surface area (Å²) >= 11 is 0. The molecule has 0 unspecified atom stereocenters. The van der Waals surface area contributed by atoms with Gasteiger partial charge in [-0.3, -0.25) is 9.78 Å². The fourth-order valence-corrected chi connectivity index (χ4v) is 1.66. The van der Waals surface area contributed by atoms with Gasteiger partial charge in [0.15, 0.2) is 0 Å². The zero-order valence-electron chi connectivity index (χ0n) is 10.8. The third kappa shape index (κ3) is 3.17. The highest BCUT2D eigenvalue weighted by molar-refractivity contribution is 5.95. The molecule has 0 aliphatic carbocycles. The lowest BCUT2D eigenvalue weighted by Gasteiger charge is -2.07. The minimum Gasteiger partial charge on any atom is -0.477 e. The second-order valence-electron chi connectivity index (χ2n) is 4.18. The molecule has 6 nitrogen and oxygen atoms in total. The average Bonchev–Trinajstić information content (AvgIpc) is 2.45. The number of carbonyl (C=O) groups is 2. The van der Waals surface area contributed by atoms with Crippen LogP contribution in [0.3, 0.4) is 0 Å². The quantitative estimate of drug-likeness (QED) is 0.877. The maximum Gasteiger partial charge on any atom is 0.354 e. The second-order valence-corrected chi connectivity index (χ2v) is 4.18. The Morgan fingerprint density at radius 3 is 2.65 bits per heavy atom. The van der Waals surface area contributed by atoms with Crippen molar-refractivity contribution in [3.05, 3.63) is 59.2 Å². The molecule has 0 saturated carbocycles. The van der Waals surface area contributed by atoms with Crippen LogP contribution in [-0.2, 0) is 6.54 Å². The summed E-state index contributed by atoms with van der Waals surface area (Å²) in [5.41, 5.74) is 1.88. The molecule has 0 radical (unpaired) electrons. The highest BCUT2D eigenvalue weighted by Gasteiger charge is 2.09. The van der Waals surface area contributed by atoms with E-state index in [1.807, 2.05) is 0 Å². The smallest absolute Gasteiger partial charge is 0.354 e. The molecule has 0 bridgehead atoms. The second kappa shape index (κ2) is 5.92. The van der Waals surface area contributed by atoms with E-state index in [4.69, 9.17) is 5.11 Å². The number of nitrogens with zero attached hydrogens (tertiary/aromatic N) is 2. The van der Waals surface area contributed by atoms with Crippen molar-refractivity contribution in [1.82, 2.24) is 15.3 Å². The monoisotopic (exact) mass is 271 g/mol. The first-order valence-corrected chi connectivity index (χ1v) is 5.96. The number of pyridine rings is 2. The van der Waals surface area contributed by atoms with Crippen LogP contribution >= 0.6 is 0 Å². The summed E-state index contributed by atoms with van der Waals surface area (Å²) in [6.45, 7) is 2.04. The third-order valence-electron chi connectivity index (χ3n) is 2.75. The van der Waals surface area contributed by atoms with E-state index < -0.39 is 5.97 Å². The lowest BCUT2D eigenvalue weighted by molar-refractivity contribution is 0.0690. The number of hydrogen-bond acceptors (Lipinski definition) is 4. The van der Waals surface area contributed by atoms with E-state index >= 15 is 0 Å². The molecule has 102 valence electrons. The third-order valence-corrected chi connectivity index (χ3v) is 2.75. The Balaban J connectivity index is 2.00. The van der Waals surface area contributed by atoms with Gasteiger partial charge in [-0.05, 0) is 30.7 Å². The molecule has 20 heavy (non-hydrogen) atoms. The Labute approximate surface area is 115 Å². The molecule has 2 rings (SSSR count). The summed E-state index contributed by atoms with van der Waals surface area (Å²) in [4.78, 5) is 30.4. The number of aromatic nitrogens is 2. The van der Waals surface area contributed by atoms with E-state index in [9.17, 15) is 9.59 Å². The van der Waals surface area contributed by atoms with Crippen molar-refractivity contribution in [3.63, 3.8) is 0 Å². The number of hydrogen-bond donors (Lipinski definition) is 2. The molecule has 2 N–H and O–H groups in total. The molecule has 0 fully saturated rings. The lowest BCUT2D eigenvalue weighted by atomic mass is 10.2. The molecule has 0 aliphatic rings. The first-order valence-electron chi connectivity index (χ1n) is 5.96. The molecule has 6 heteroatoms. The molecule has 0 saturated heterocycles. The molecular weight excluding hydrogens is 258 g/mol. The molecule has 0 spiro atoms. The highest BCUT2D eigenvalue weighted by Crippen LogP contribution is 2.05. The van der Waals surface area contributed by atoms with Gasteiger partial charge in [0, 0.05) is 24.6 Å². The van der Waals surface area contributed by atoms with Gasteiger partial charge in [-0.2, -0.15) is 0 Å². The number of aryl methyl sites for hydroxylation is 1. The summed E-state index contributed by atoms with van der Waals surface area (Å²) in [6, 6.07) is 6.42. The Kier molecular flexibility index (Phi) is 4.05. The van der Waals surface area contributed by atoms with E-state index in [-0.39, 0.29) is 18.1 Å². The molecule has 2 aromatic heterocycles.